The highest BCUT2D eigenvalue weighted by molar-refractivity contribution is 4.54. The molecule has 0 spiro atoms. The molecule has 1 atom stereocenters. The monoisotopic (exact) mass is 215 g/mol. The second-order valence-electron chi connectivity index (χ2n) is 4.38. The number of nitrogens with one attached hydrogen (secondary N) is 1. The van der Waals surface area contributed by atoms with Crippen LogP contribution in [0.25, 0.3) is 0 Å². The predicted molar refractivity (Wildman–Crippen MR) is 66.9 cm³/mol. The van der Waals surface area contributed by atoms with Crippen molar-refractivity contribution in [2.45, 2.75) is 77.9 Å². The standard InChI is InChI=1S/C13H29NO/c1-3-5-6-7-8-9-10-11-13(15)14-12-4-2/h13-15H,3-12H2,1-2H3. The quantitative estimate of drug-likeness (QED) is 0.409. The van der Waals surface area contributed by atoms with Crippen molar-refractivity contribution in [1.82, 2.24) is 5.32 Å². The molecule has 0 rings (SSSR count). The third kappa shape index (κ3) is 11.8. The zero-order valence-electron chi connectivity index (χ0n) is 10.6. The number of hydrogen-bond acceptors (Lipinski definition) is 2. The maximum Gasteiger partial charge on any atom is 0.104 e. The Kier molecular flexibility index (Phi) is 11.9. The van der Waals surface area contributed by atoms with Crippen LogP contribution in [0.1, 0.15) is 71.6 Å². The van der Waals surface area contributed by atoms with Gasteiger partial charge in [-0.2, -0.15) is 0 Å². The number of aliphatic hydroxyl groups is 1. The van der Waals surface area contributed by atoms with Crippen molar-refractivity contribution in [3.8, 4) is 0 Å². The average Bonchev–Trinajstić information content (AvgIpc) is 2.25. The fourth-order valence-corrected chi connectivity index (χ4v) is 1.71. The highest BCUT2D eigenvalue weighted by Gasteiger charge is 2.00. The Hall–Kier alpha value is -0.0800. The highest BCUT2D eigenvalue weighted by atomic mass is 16.3. The van der Waals surface area contributed by atoms with Crippen molar-refractivity contribution in [2.24, 2.45) is 0 Å². The molecule has 0 aromatic rings. The first-order valence-electron chi connectivity index (χ1n) is 6.72. The normalized spacial score (nSPS) is 13.0. The molecule has 0 amide bonds. The van der Waals surface area contributed by atoms with Crippen molar-refractivity contribution in [3.05, 3.63) is 0 Å². The summed E-state index contributed by atoms with van der Waals surface area (Å²) in [6.45, 7) is 5.29. The Morgan fingerprint density at radius 3 is 2.07 bits per heavy atom. The molecular formula is C13H29NO. The van der Waals surface area contributed by atoms with Gasteiger partial charge in [-0.3, -0.25) is 5.32 Å². The van der Waals surface area contributed by atoms with Gasteiger partial charge in [0.25, 0.3) is 0 Å². The molecule has 2 N–H and O–H groups in total. The zero-order chi connectivity index (χ0) is 11.4. The lowest BCUT2D eigenvalue weighted by Crippen LogP contribution is -2.29. The maximum atomic E-state index is 9.51. The van der Waals surface area contributed by atoms with Crippen LogP contribution in [-0.2, 0) is 0 Å². The number of hydrogen-bond donors (Lipinski definition) is 2. The Morgan fingerprint density at radius 2 is 1.47 bits per heavy atom. The van der Waals surface area contributed by atoms with Crippen molar-refractivity contribution < 1.29 is 5.11 Å². The van der Waals surface area contributed by atoms with E-state index in [9.17, 15) is 5.11 Å². The minimum Gasteiger partial charge on any atom is -0.379 e. The van der Waals surface area contributed by atoms with Crippen LogP contribution in [0.2, 0.25) is 0 Å². The van der Waals surface area contributed by atoms with Crippen LogP contribution in [0, 0.1) is 0 Å². The molecule has 0 aliphatic carbocycles. The van der Waals surface area contributed by atoms with Gasteiger partial charge in [-0.15, -0.1) is 0 Å². The first-order chi connectivity index (χ1) is 7.31. The van der Waals surface area contributed by atoms with E-state index in [1.54, 1.807) is 0 Å². The molecule has 0 radical (unpaired) electrons. The van der Waals surface area contributed by atoms with Gasteiger partial charge in [0.05, 0.1) is 0 Å². The fourth-order valence-electron chi connectivity index (χ4n) is 1.71. The van der Waals surface area contributed by atoms with Crippen LogP contribution in [0.15, 0.2) is 0 Å². The van der Waals surface area contributed by atoms with E-state index in [-0.39, 0.29) is 6.23 Å². The summed E-state index contributed by atoms with van der Waals surface area (Å²) in [6, 6.07) is 0. The van der Waals surface area contributed by atoms with E-state index in [4.69, 9.17) is 0 Å². The molecule has 2 heteroatoms. The first-order valence-corrected chi connectivity index (χ1v) is 6.72. The molecule has 0 saturated heterocycles. The Bertz CT molecular complexity index is 117. The Balaban J connectivity index is 3.02. The Morgan fingerprint density at radius 1 is 0.867 bits per heavy atom. The van der Waals surface area contributed by atoms with Gasteiger partial charge < -0.3 is 5.11 Å². The van der Waals surface area contributed by atoms with Crippen molar-refractivity contribution in [3.63, 3.8) is 0 Å². The minimum atomic E-state index is -0.277. The summed E-state index contributed by atoms with van der Waals surface area (Å²) in [5.74, 6) is 0. The SMILES string of the molecule is CCCCCCCCCC(O)NCCC. The summed E-state index contributed by atoms with van der Waals surface area (Å²) >= 11 is 0. The van der Waals surface area contributed by atoms with E-state index in [1.165, 1.54) is 38.5 Å². The van der Waals surface area contributed by atoms with Crippen LogP contribution in [0.5, 0.6) is 0 Å². The average molecular weight is 215 g/mol. The molecule has 92 valence electrons. The lowest BCUT2D eigenvalue weighted by atomic mass is 10.1. The van der Waals surface area contributed by atoms with Crippen LogP contribution >= 0.6 is 0 Å². The maximum absolute atomic E-state index is 9.51. The summed E-state index contributed by atoms with van der Waals surface area (Å²) in [5, 5.41) is 12.6. The second kappa shape index (κ2) is 12.0. The van der Waals surface area contributed by atoms with Crippen molar-refractivity contribution in [2.75, 3.05) is 6.54 Å². The van der Waals surface area contributed by atoms with Gasteiger partial charge in [-0.05, 0) is 25.8 Å². The molecule has 2 nitrogen and oxygen atoms in total. The highest BCUT2D eigenvalue weighted by Crippen LogP contribution is 2.08. The summed E-state index contributed by atoms with van der Waals surface area (Å²) < 4.78 is 0. The summed E-state index contributed by atoms with van der Waals surface area (Å²) in [4.78, 5) is 0. The van der Waals surface area contributed by atoms with Gasteiger partial charge in [0.15, 0.2) is 0 Å². The molecule has 0 heterocycles. The predicted octanol–water partition coefficient (Wildman–Crippen LogP) is 3.45. The number of aliphatic hydroxyl groups excluding tert-OH is 1. The number of rotatable bonds is 11. The van der Waals surface area contributed by atoms with Crippen LogP contribution in [-0.4, -0.2) is 17.9 Å². The van der Waals surface area contributed by atoms with Crippen molar-refractivity contribution in [1.29, 1.82) is 0 Å². The molecular weight excluding hydrogens is 186 g/mol. The van der Waals surface area contributed by atoms with Crippen LogP contribution in [0.4, 0.5) is 0 Å². The smallest absolute Gasteiger partial charge is 0.104 e. The molecule has 0 aromatic heterocycles. The van der Waals surface area contributed by atoms with Gasteiger partial charge >= 0.3 is 0 Å². The third-order valence-corrected chi connectivity index (χ3v) is 2.71. The van der Waals surface area contributed by atoms with Crippen LogP contribution in [0.3, 0.4) is 0 Å². The van der Waals surface area contributed by atoms with E-state index < -0.39 is 0 Å². The minimum absolute atomic E-state index is 0.277. The molecule has 0 fully saturated rings. The summed E-state index contributed by atoms with van der Waals surface area (Å²) in [6.07, 6.45) is 10.9. The Labute approximate surface area is 95.5 Å². The van der Waals surface area contributed by atoms with E-state index in [2.05, 4.69) is 19.2 Å². The van der Waals surface area contributed by atoms with E-state index in [1.807, 2.05) is 0 Å². The number of unbranched alkanes of at least 4 members (excludes halogenated alkanes) is 6. The molecule has 0 aliphatic rings. The summed E-state index contributed by atoms with van der Waals surface area (Å²) in [7, 11) is 0. The van der Waals surface area contributed by atoms with Crippen LogP contribution < -0.4 is 5.32 Å². The van der Waals surface area contributed by atoms with Gasteiger partial charge in [0, 0.05) is 0 Å². The fraction of sp³-hybridized carbons (Fsp3) is 1.00. The molecule has 0 aliphatic heterocycles. The van der Waals surface area contributed by atoms with Crippen molar-refractivity contribution >= 4 is 0 Å². The first kappa shape index (κ1) is 14.9. The molecule has 15 heavy (non-hydrogen) atoms. The van der Waals surface area contributed by atoms with E-state index in [0.29, 0.717) is 0 Å². The molecule has 0 saturated carbocycles. The van der Waals surface area contributed by atoms with Gasteiger partial charge in [-0.25, -0.2) is 0 Å². The lowest BCUT2D eigenvalue weighted by molar-refractivity contribution is 0.125. The van der Waals surface area contributed by atoms with E-state index in [0.717, 1.165) is 25.8 Å². The second-order valence-corrected chi connectivity index (χ2v) is 4.38. The van der Waals surface area contributed by atoms with Gasteiger partial charge in [0.1, 0.15) is 6.23 Å². The topological polar surface area (TPSA) is 32.3 Å². The summed E-state index contributed by atoms with van der Waals surface area (Å²) in [5.41, 5.74) is 0. The molecule has 1 unspecified atom stereocenters. The van der Waals surface area contributed by atoms with E-state index >= 15 is 0 Å². The molecule has 0 bridgehead atoms. The zero-order valence-corrected chi connectivity index (χ0v) is 10.6. The van der Waals surface area contributed by atoms with Gasteiger partial charge in [-0.1, -0.05) is 52.4 Å². The molecule has 0 aromatic carbocycles. The largest absolute Gasteiger partial charge is 0.379 e. The van der Waals surface area contributed by atoms with Gasteiger partial charge in [0.2, 0.25) is 0 Å². The lowest BCUT2D eigenvalue weighted by Gasteiger charge is -2.11. The third-order valence-electron chi connectivity index (χ3n) is 2.71.